The van der Waals surface area contributed by atoms with Crippen molar-refractivity contribution in [3.05, 3.63) is 43.0 Å². The summed E-state index contributed by atoms with van der Waals surface area (Å²) >= 11 is 0. The molecule has 3 nitrogen and oxygen atoms in total. The predicted octanol–water partition coefficient (Wildman–Crippen LogP) is 3.28. The molecule has 0 N–H and O–H groups in total. The van der Waals surface area contributed by atoms with E-state index in [-0.39, 0.29) is 12.2 Å². The third-order valence-electron chi connectivity index (χ3n) is 3.20. The molecule has 1 unspecified atom stereocenters. The second-order valence-corrected chi connectivity index (χ2v) is 6.96. The van der Waals surface area contributed by atoms with Gasteiger partial charge >= 0.3 is 0 Å². The van der Waals surface area contributed by atoms with Crippen LogP contribution < -0.4 is 0 Å². The number of hydrogen-bond donors (Lipinski definition) is 0. The molecular weight excluding hydrogens is 272 g/mol. The van der Waals surface area contributed by atoms with Gasteiger partial charge in [-0.25, -0.2) is 0 Å². The maximum absolute atomic E-state index is 12.4. The lowest BCUT2D eigenvalue weighted by molar-refractivity contribution is -0.294. The molecule has 1 saturated heterocycles. The Kier molecular flexibility index (Phi) is 5.13. The number of ether oxygens (including phenoxy) is 2. The van der Waals surface area contributed by atoms with Gasteiger partial charge in [-0.2, -0.15) is 0 Å². The molecule has 1 aliphatic rings. The van der Waals surface area contributed by atoms with Gasteiger partial charge in [-0.3, -0.25) is 4.21 Å². The molecule has 1 aromatic carbocycles. The molecule has 0 radical (unpaired) electrons. The van der Waals surface area contributed by atoms with Crippen LogP contribution in [-0.4, -0.2) is 28.0 Å². The maximum atomic E-state index is 12.4. The van der Waals surface area contributed by atoms with Crippen molar-refractivity contribution in [2.45, 2.75) is 49.6 Å². The largest absolute Gasteiger partial charge is 0.347 e. The highest BCUT2D eigenvalue weighted by Gasteiger charge is 2.35. The van der Waals surface area contributed by atoms with E-state index in [9.17, 15) is 4.21 Å². The molecule has 1 aromatic rings. The predicted molar refractivity (Wildman–Crippen MR) is 81.0 cm³/mol. The highest BCUT2D eigenvalue weighted by atomic mass is 32.2. The fraction of sp³-hybridized carbons (Fsp3) is 0.500. The van der Waals surface area contributed by atoms with E-state index in [4.69, 9.17) is 9.47 Å². The van der Waals surface area contributed by atoms with Crippen LogP contribution in [0.3, 0.4) is 0 Å². The molecule has 0 amide bonds. The molecular formula is C16H22O3S. The van der Waals surface area contributed by atoms with E-state index in [1.54, 1.807) is 0 Å². The third-order valence-corrected chi connectivity index (χ3v) is 4.67. The molecule has 4 heteroatoms. The highest BCUT2D eigenvalue weighted by Crippen LogP contribution is 2.29. The van der Waals surface area contributed by atoms with Crippen molar-refractivity contribution in [2.75, 3.05) is 5.75 Å². The van der Waals surface area contributed by atoms with Gasteiger partial charge in [-0.15, -0.1) is 6.58 Å². The molecule has 1 fully saturated rings. The average molecular weight is 294 g/mol. The monoisotopic (exact) mass is 294 g/mol. The Bertz CT molecular complexity index is 470. The molecule has 0 aliphatic carbocycles. The first kappa shape index (κ1) is 15.4. The van der Waals surface area contributed by atoms with E-state index in [1.807, 2.05) is 50.3 Å². The Morgan fingerprint density at radius 1 is 1.30 bits per heavy atom. The molecule has 20 heavy (non-hydrogen) atoms. The minimum absolute atomic E-state index is 0.0512. The van der Waals surface area contributed by atoms with Crippen LogP contribution in [0.4, 0.5) is 0 Å². The first-order valence-corrected chi connectivity index (χ1v) is 8.22. The summed E-state index contributed by atoms with van der Waals surface area (Å²) in [5, 5.41) is 0. The van der Waals surface area contributed by atoms with Gasteiger partial charge in [0, 0.05) is 11.3 Å². The van der Waals surface area contributed by atoms with Crippen LogP contribution in [0.1, 0.15) is 26.7 Å². The summed E-state index contributed by atoms with van der Waals surface area (Å²) in [6.07, 6.45) is 3.45. The first-order valence-electron chi connectivity index (χ1n) is 6.90. The summed E-state index contributed by atoms with van der Waals surface area (Å²) in [5.41, 5.74) is 0. The van der Waals surface area contributed by atoms with Crippen molar-refractivity contribution in [3.63, 3.8) is 0 Å². The lowest BCUT2D eigenvalue weighted by Gasteiger charge is -2.40. The molecule has 0 spiro atoms. The summed E-state index contributed by atoms with van der Waals surface area (Å²) in [6, 6.07) is 9.52. The molecule has 110 valence electrons. The zero-order valence-electron chi connectivity index (χ0n) is 12.1. The summed E-state index contributed by atoms with van der Waals surface area (Å²) in [5.74, 6) is -0.123. The fourth-order valence-electron chi connectivity index (χ4n) is 2.49. The van der Waals surface area contributed by atoms with Crippen molar-refractivity contribution in [1.82, 2.24) is 0 Å². The lowest BCUT2D eigenvalue weighted by atomic mass is 10.1. The number of rotatable bonds is 5. The van der Waals surface area contributed by atoms with Crippen LogP contribution in [0.2, 0.25) is 0 Å². The fourth-order valence-corrected chi connectivity index (χ4v) is 3.68. The minimum atomic E-state index is -1.04. The van der Waals surface area contributed by atoms with Crippen molar-refractivity contribution in [1.29, 1.82) is 0 Å². The number of benzene rings is 1. The smallest absolute Gasteiger partial charge is 0.163 e. The van der Waals surface area contributed by atoms with E-state index in [2.05, 4.69) is 6.58 Å². The zero-order chi connectivity index (χ0) is 14.6. The van der Waals surface area contributed by atoms with E-state index in [0.29, 0.717) is 5.75 Å². The second-order valence-electron chi connectivity index (χ2n) is 5.46. The Hall–Kier alpha value is -0.970. The van der Waals surface area contributed by atoms with Crippen LogP contribution in [-0.2, 0) is 20.3 Å². The normalized spacial score (nSPS) is 26.9. The van der Waals surface area contributed by atoms with Crippen LogP contribution in [0.5, 0.6) is 0 Å². The van der Waals surface area contributed by atoms with Gasteiger partial charge in [-0.05, 0) is 32.4 Å². The topological polar surface area (TPSA) is 35.5 Å². The average Bonchev–Trinajstić information content (AvgIpc) is 2.38. The minimum Gasteiger partial charge on any atom is -0.347 e. The van der Waals surface area contributed by atoms with E-state index < -0.39 is 16.6 Å². The SMILES string of the molecule is C=CC[C@@H]1C[C@H](CS(=O)c2ccccc2)OC(C)(C)O1. The highest BCUT2D eigenvalue weighted by molar-refractivity contribution is 7.85. The summed E-state index contributed by atoms with van der Waals surface area (Å²) in [4.78, 5) is 0.848. The van der Waals surface area contributed by atoms with Crippen molar-refractivity contribution in [2.24, 2.45) is 0 Å². The quantitative estimate of drug-likeness (QED) is 0.782. The Morgan fingerprint density at radius 3 is 2.60 bits per heavy atom. The summed E-state index contributed by atoms with van der Waals surface area (Å²) in [7, 11) is -1.04. The summed E-state index contributed by atoms with van der Waals surface area (Å²) in [6.45, 7) is 7.56. The van der Waals surface area contributed by atoms with E-state index >= 15 is 0 Å². The Morgan fingerprint density at radius 2 is 1.95 bits per heavy atom. The van der Waals surface area contributed by atoms with Crippen molar-refractivity contribution in [3.8, 4) is 0 Å². The van der Waals surface area contributed by atoms with Gasteiger partial charge in [0.25, 0.3) is 0 Å². The lowest BCUT2D eigenvalue weighted by Crippen LogP contribution is -2.46. The molecule has 1 heterocycles. The van der Waals surface area contributed by atoms with Gasteiger partial charge in [0.05, 0.1) is 28.8 Å². The van der Waals surface area contributed by atoms with Gasteiger partial charge in [0.2, 0.25) is 0 Å². The van der Waals surface area contributed by atoms with E-state index in [1.165, 1.54) is 0 Å². The summed E-state index contributed by atoms with van der Waals surface area (Å²) < 4.78 is 24.1. The standard InChI is InChI=1S/C16H22O3S/c1-4-8-13-11-14(19-16(2,3)18-13)12-20(17)15-9-6-5-7-10-15/h4-7,9-10,13-14H,1,8,11-12H2,2-3H3/t13-,14-,20?/m1/s1. The Labute approximate surface area is 123 Å². The molecule has 0 bridgehead atoms. The zero-order valence-corrected chi connectivity index (χ0v) is 12.9. The van der Waals surface area contributed by atoms with Crippen molar-refractivity contribution >= 4 is 10.8 Å². The number of hydrogen-bond acceptors (Lipinski definition) is 3. The first-order chi connectivity index (χ1) is 9.50. The maximum Gasteiger partial charge on any atom is 0.163 e. The van der Waals surface area contributed by atoms with Gasteiger partial charge < -0.3 is 9.47 Å². The Balaban J connectivity index is 2.01. The van der Waals surface area contributed by atoms with Crippen LogP contribution in [0, 0.1) is 0 Å². The van der Waals surface area contributed by atoms with Gasteiger partial charge in [0.1, 0.15) is 0 Å². The van der Waals surface area contributed by atoms with E-state index in [0.717, 1.165) is 17.7 Å². The molecule has 1 aliphatic heterocycles. The van der Waals surface area contributed by atoms with Crippen LogP contribution in [0.15, 0.2) is 47.9 Å². The van der Waals surface area contributed by atoms with Gasteiger partial charge in [0.15, 0.2) is 5.79 Å². The van der Waals surface area contributed by atoms with Crippen LogP contribution in [0.25, 0.3) is 0 Å². The second kappa shape index (κ2) is 6.66. The molecule has 2 rings (SSSR count). The van der Waals surface area contributed by atoms with Gasteiger partial charge in [-0.1, -0.05) is 24.3 Å². The third kappa shape index (κ3) is 4.27. The van der Waals surface area contributed by atoms with Crippen LogP contribution >= 0.6 is 0 Å². The van der Waals surface area contributed by atoms with Crippen molar-refractivity contribution < 1.29 is 13.7 Å². The molecule has 3 atom stereocenters. The molecule has 0 saturated carbocycles. The molecule has 0 aromatic heterocycles.